The molecule has 5 nitrogen and oxygen atoms in total. The van der Waals surface area contributed by atoms with Crippen LogP contribution in [0, 0.1) is 25.7 Å². The highest BCUT2D eigenvalue weighted by atomic mass is 32.2. The molecule has 2 atom stereocenters. The molecule has 1 aromatic carbocycles. The second-order valence-electron chi connectivity index (χ2n) is 7.72. The van der Waals surface area contributed by atoms with Crippen LogP contribution in [0.2, 0.25) is 0 Å². The number of thioether (sulfide) groups is 1. The van der Waals surface area contributed by atoms with Crippen LogP contribution < -0.4 is 10.2 Å². The molecule has 2 aromatic rings. The molecule has 2 heterocycles. The summed E-state index contributed by atoms with van der Waals surface area (Å²) in [7, 11) is 0. The number of benzene rings is 1. The van der Waals surface area contributed by atoms with E-state index >= 15 is 0 Å². The van der Waals surface area contributed by atoms with Gasteiger partial charge < -0.3 is 10.2 Å². The van der Waals surface area contributed by atoms with Gasteiger partial charge in [-0.25, -0.2) is 9.97 Å². The number of hydrogen-bond acceptors (Lipinski definition) is 5. The Bertz CT molecular complexity index is 801. The first-order chi connectivity index (χ1) is 12.9. The van der Waals surface area contributed by atoms with Gasteiger partial charge in [0.2, 0.25) is 5.91 Å². The first-order valence-corrected chi connectivity index (χ1v) is 10.5. The average molecular weight is 385 g/mol. The van der Waals surface area contributed by atoms with Crippen molar-refractivity contribution < 1.29 is 4.79 Å². The Balaban J connectivity index is 1.59. The second-order valence-corrected chi connectivity index (χ2v) is 8.72. The lowest BCUT2D eigenvalue weighted by Crippen LogP contribution is -2.39. The molecule has 1 aliphatic heterocycles. The number of piperidine rings is 1. The Labute approximate surface area is 166 Å². The van der Waals surface area contributed by atoms with Gasteiger partial charge in [-0.05, 0) is 49.3 Å². The fourth-order valence-corrected chi connectivity index (χ4v) is 4.29. The van der Waals surface area contributed by atoms with E-state index in [-0.39, 0.29) is 5.91 Å². The molecular formula is C21H28N4OS. The van der Waals surface area contributed by atoms with Crippen LogP contribution in [-0.2, 0) is 4.79 Å². The van der Waals surface area contributed by atoms with E-state index in [0.29, 0.717) is 17.6 Å². The molecule has 1 saturated heterocycles. The Hall–Kier alpha value is -2.08. The molecule has 0 saturated carbocycles. The Morgan fingerprint density at radius 3 is 2.67 bits per heavy atom. The van der Waals surface area contributed by atoms with E-state index in [2.05, 4.69) is 34.0 Å². The third-order valence-electron chi connectivity index (χ3n) is 4.84. The van der Waals surface area contributed by atoms with Crippen molar-refractivity contribution in [3.8, 4) is 0 Å². The maximum absolute atomic E-state index is 12.3. The standard InChI is InChI=1S/C21H28N4OS/c1-14-5-6-17(4)18(8-14)24-20(26)12-27-21-9-19(22-13-23-21)25-10-15(2)7-16(3)11-25/h5-6,8-9,13,15-16H,7,10-12H2,1-4H3,(H,24,26)/t15-,16-/m1/s1. The van der Waals surface area contributed by atoms with Crippen molar-refractivity contribution in [2.24, 2.45) is 11.8 Å². The third kappa shape index (κ3) is 5.45. The summed E-state index contributed by atoms with van der Waals surface area (Å²) < 4.78 is 0. The first kappa shape index (κ1) is 19.7. The summed E-state index contributed by atoms with van der Waals surface area (Å²) in [6, 6.07) is 8.07. The van der Waals surface area contributed by atoms with Crippen molar-refractivity contribution in [3.05, 3.63) is 41.7 Å². The highest BCUT2D eigenvalue weighted by Gasteiger charge is 2.23. The molecule has 1 amide bonds. The molecule has 0 spiro atoms. The zero-order valence-electron chi connectivity index (χ0n) is 16.5. The van der Waals surface area contributed by atoms with Gasteiger partial charge in [0.25, 0.3) is 0 Å². The van der Waals surface area contributed by atoms with Crippen LogP contribution in [0.1, 0.15) is 31.4 Å². The van der Waals surface area contributed by atoms with Crippen LogP contribution in [0.3, 0.4) is 0 Å². The predicted octanol–water partition coefficient (Wildman–Crippen LogP) is 4.31. The van der Waals surface area contributed by atoms with E-state index in [1.165, 1.54) is 18.2 Å². The van der Waals surface area contributed by atoms with Gasteiger partial charge in [-0.15, -0.1) is 0 Å². The molecular weight excluding hydrogens is 356 g/mol. The highest BCUT2D eigenvalue weighted by molar-refractivity contribution is 7.99. The minimum atomic E-state index is -0.0194. The summed E-state index contributed by atoms with van der Waals surface area (Å²) >= 11 is 1.45. The van der Waals surface area contributed by atoms with Gasteiger partial charge in [-0.1, -0.05) is 37.7 Å². The quantitative estimate of drug-likeness (QED) is 0.615. The molecule has 27 heavy (non-hydrogen) atoms. The first-order valence-electron chi connectivity index (χ1n) is 9.47. The number of aryl methyl sites for hydroxylation is 2. The zero-order chi connectivity index (χ0) is 19.4. The lowest BCUT2D eigenvalue weighted by molar-refractivity contribution is -0.113. The van der Waals surface area contributed by atoms with E-state index in [0.717, 1.165) is 40.7 Å². The summed E-state index contributed by atoms with van der Waals surface area (Å²) in [5.74, 6) is 2.61. The minimum Gasteiger partial charge on any atom is -0.356 e. The number of nitrogens with zero attached hydrogens (tertiary/aromatic N) is 3. The monoisotopic (exact) mass is 384 g/mol. The normalized spacial score (nSPS) is 19.8. The number of carbonyl (C=O) groups is 1. The summed E-state index contributed by atoms with van der Waals surface area (Å²) in [6.07, 6.45) is 2.87. The van der Waals surface area contributed by atoms with Crippen molar-refractivity contribution in [1.82, 2.24) is 9.97 Å². The topological polar surface area (TPSA) is 58.1 Å². The third-order valence-corrected chi connectivity index (χ3v) is 5.76. The molecule has 1 aromatic heterocycles. The predicted molar refractivity (Wildman–Crippen MR) is 112 cm³/mol. The molecule has 1 N–H and O–H groups in total. The van der Waals surface area contributed by atoms with E-state index in [1.807, 2.05) is 38.1 Å². The van der Waals surface area contributed by atoms with Crippen molar-refractivity contribution in [1.29, 1.82) is 0 Å². The molecule has 3 rings (SSSR count). The Morgan fingerprint density at radius 1 is 1.19 bits per heavy atom. The van der Waals surface area contributed by atoms with Crippen LogP contribution in [0.5, 0.6) is 0 Å². The van der Waals surface area contributed by atoms with Gasteiger partial charge in [0, 0.05) is 24.8 Å². The molecule has 1 aliphatic rings. The molecule has 0 radical (unpaired) electrons. The molecule has 0 aliphatic carbocycles. The highest BCUT2D eigenvalue weighted by Crippen LogP contribution is 2.27. The van der Waals surface area contributed by atoms with Gasteiger partial charge in [-0.3, -0.25) is 4.79 Å². The fraction of sp³-hybridized carbons (Fsp3) is 0.476. The number of nitrogens with one attached hydrogen (secondary N) is 1. The number of hydrogen-bond donors (Lipinski definition) is 1. The van der Waals surface area contributed by atoms with Gasteiger partial charge in [-0.2, -0.15) is 0 Å². The molecule has 6 heteroatoms. The maximum atomic E-state index is 12.3. The number of carbonyl (C=O) groups excluding carboxylic acids is 1. The number of rotatable bonds is 5. The van der Waals surface area contributed by atoms with Crippen LogP contribution in [-0.4, -0.2) is 34.7 Å². The van der Waals surface area contributed by atoms with Crippen molar-refractivity contribution in [3.63, 3.8) is 0 Å². The molecule has 0 unspecified atom stereocenters. The SMILES string of the molecule is Cc1ccc(C)c(NC(=O)CSc2cc(N3C[C@H](C)C[C@@H](C)C3)ncn2)c1. The number of anilines is 2. The lowest BCUT2D eigenvalue weighted by atomic mass is 9.92. The number of amides is 1. The summed E-state index contributed by atoms with van der Waals surface area (Å²) in [4.78, 5) is 23.4. The summed E-state index contributed by atoms with van der Waals surface area (Å²) in [5.41, 5.74) is 3.07. The van der Waals surface area contributed by atoms with Crippen molar-refractivity contribution in [2.45, 2.75) is 39.1 Å². The zero-order valence-corrected chi connectivity index (χ0v) is 17.3. The minimum absolute atomic E-state index is 0.0194. The smallest absolute Gasteiger partial charge is 0.234 e. The van der Waals surface area contributed by atoms with E-state index in [9.17, 15) is 4.79 Å². The molecule has 144 valence electrons. The fourth-order valence-electron chi connectivity index (χ4n) is 3.63. The molecule has 0 bridgehead atoms. The van der Waals surface area contributed by atoms with Crippen molar-refractivity contribution >= 4 is 29.2 Å². The largest absolute Gasteiger partial charge is 0.356 e. The maximum Gasteiger partial charge on any atom is 0.234 e. The van der Waals surface area contributed by atoms with E-state index in [1.54, 1.807) is 6.33 Å². The van der Waals surface area contributed by atoms with Crippen LogP contribution in [0.25, 0.3) is 0 Å². The van der Waals surface area contributed by atoms with E-state index in [4.69, 9.17) is 0 Å². The van der Waals surface area contributed by atoms with Crippen LogP contribution in [0.4, 0.5) is 11.5 Å². The Kier molecular flexibility index (Phi) is 6.37. The number of aromatic nitrogens is 2. The van der Waals surface area contributed by atoms with Crippen LogP contribution >= 0.6 is 11.8 Å². The van der Waals surface area contributed by atoms with Crippen molar-refractivity contribution in [2.75, 3.05) is 29.1 Å². The average Bonchev–Trinajstić information content (AvgIpc) is 2.62. The van der Waals surface area contributed by atoms with Gasteiger partial charge in [0.1, 0.15) is 17.2 Å². The van der Waals surface area contributed by atoms with E-state index < -0.39 is 0 Å². The van der Waals surface area contributed by atoms with Gasteiger partial charge in [0.15, 0.2) is 0 Å². The summed E-state index contributed by atoms with van der Waals surface area (Å²) in [5, 5.41) is 3.83. The second kappa shape index (κ2) is 8.74. The summed E-state index contributed by atoms with van der Waals surface area (Å²) in [6.45, 7) is 10.7. The molecule has 1 fully saturated rings. The lowest BCUT2D eigenvalue weighted by Gasteiger charge is -2.35. The van der Waals surface area contributed by atoms with Crippen LogP contribution in [0.15, 0.2) is 35.6 Å². The van der Waals surface area contributed by atoms with Gasteiger partial charge in [0.05, 0.1) is 5.75 Å². The Morgan fingerprint density at radius 2 is 1.93 bits per heavy atom. The van der Waals surface area contributed by atoms with Gasteiger partial charge >= 0.3 is 0 Å².